The predicted octanol–water partition coefficient (Wildman–Crippen LogP) is 2.50. The van der Waals surface area contributed by atoms with Crippen LogP contribution in [-0.2, 0) is 19.7 Å². The van der Waals surface area contributed by atoms with Gasteiger partial charge < -0.3 is 14.6 Å². The van der Waals surface area contributed by atoms with Crippen LogP contribution in [0.2, 0.25) is 5.02 Å². The molecule has 2 aromatic carbocycles. The summed E-state index contributed by atoms with van der Waals surface area (Å²) in [6.07, 6.45) is 1.08. The van der Waals surface area contributed by atoms with Gasteiger partial charge >= 0.3 is 16.1 Å². The second kappa shape index (κ2) is 9.28. The minimum atomic E-state index is -3.99. The van der Waals surface area contributed by atoms with Crippen LogP contribution >= 0.6 is 23.4 Å². The number of thioether (sulfide) groups is 1. The maximum absolute atomic E-state index is 12.3. The molecule has 1 aliphatic heterocycles. The maximum atomic E-state index is 12.3. The van der Waals surface area contributed by atoms with Crippen molar-refractivity contribution in [1.29, 1.82) is 0 Å². The Morgan fingerprint density at radius 2 is 1.87 bits per heavy atom. The second-order valence-electron chi connectivity index (χ2n) is 5.90. The zero-order valence-electron chi connectivity index (χ0n) is 15.1. The summed E-state index contributed by atoms with van der Waals surface area (Å²) in [5.74, 6) is -1.39. The largest absolute Gasteiger partial charge is 0.481 e. The fourth-order valence-electron chi connectivity index (χ4n) is 2.28. The van der Waals surface area contributed by atoms with E-state index in [1.807, 2.05) is 0 Å². The second-order valence-corrected chi connectivity index (χ2v) is 9.08. The summed E-state index contributed by atoms with van der Waals surface area (Å²) < 4.78 is 29.6. The number of benzene rings is 2. The van der Waals surface area contributed by atoms with Crippen LogP contribution in [0.3, 0.4) is 0 Å². The summed E-state index contributed by atoms with van der Waals surface area (Å²) in [6.45, 7) is 0. The SMILES string of the molecule is O=C(O)C[C@@H]1S/C(=N\N=C/c2ccc(OS(=O)(=O)c3ccc(Cl)cc3)cc2)NC1=O. The van der Waals surface area contributed by atoms with Crippen molar-refractivity contribution in [1.82, 2.24) is 5.32 Å². The molecule has 0 aromatic heterocycles. The summed E-state index contributed by atoms with van der Waals surface area (Å²) in [4.78, 5) is 22.3. The topological polar surface area (TPSA) is 134 Å². The lowest BCUT2D eigenvalue weighted by atomic mass is 10.2. The number of rotatable bonds is 7. The summed E-state index contributed by atoms with van der Waals surface area (Å²) in [7, 11) is -3.99. The van der Waals surface area contributed by atoms with E-state index in [0.717, 1.165) is 11.8 Å². The highest BCUT2D eigenvalue weighted by atomic mass is 35.5. The number of amides is 1. The molecule has 12 heteroatoms. The molecule has 1 aliphatic rings. The summed E-state index contributed by atoms with van der Waals surface area (Å²) in [5.41, 5.74) is 0.604. The minimum Gasteiger partial charge on any atom is -0.481 e. The molecule has 30 heavy (non-hydrogen) atoms. The van der Waals surface area contributed by atoms with Gasteiger partial charge in [-0.15, -0.1) is 5.10 Å². The number of halogens is 1. The fourth-order valence-corrected chi connectivity index (χ4v) is 4.25. The summed E-state index contributed by atoms with van der Waals surface area (Å²) in [5, 5.41) is 18.8. The third kappa shape index (κ3) is 5.81. The molecule has 0 spiro atoms. The van der Waals surface area contributed by atoms with Crippen LogP contribution in [0, 0.1) is 0 Å². The number of aliphatic carboxylic acids is 1. The summed E-state index contributed by atoms with van der Waals surface area (Å²) >= 11 is 6.74. The van der Waals surface area contributed by atoms with Crippen LogP contribution in [0.5, 0.6) is 5.75 Å². The average molecular weight is 468 g/mol. The van der Waals surface area contributed by atoms with Gasteiger partial charge in [-0.2, -0.15) is 13.5 Å². The lowest BCUT2D eigenvalue weighted by Crippen LogP contribution is -2.26. The molecule has 1 atom stereocenters. The van der Waals surface area contributed by atoms with E-state index in [2.05, 4.69) is 15.5 Å². The van der Waals surface area contributed by atoms with Crippen LogP contribution in [0.25, 0.3) is 0 Å². The van der Waals surface area contributed by atoms with Gasteiger partial charge in [-0.05, 0) is 54.1 Å². The molecule has 0 unspecified atom stereocenters. The smallest absolute Gasteiger partial charge is 0.339 e. The van der Waals surface area contributed by atoms with Crippen LogP contribution in [0.1, 0.15) is 12.0 Å². The van der Waals surface area contributed by atoms with E-state index in [0.29, 0.717) is 10.6 Å². The number of carboxylic acids is 1. The van der Waals surface area contributed by atoms with Crippen molar-refractivity contribution in [3.63, 3.8) is 0 Å². The van der Waals surface area contributed by atoms with Crippen molar-refractivity contribution in [2.75, 3.05) is 0 Å². The Kier molecular flexibility index (Phi) is 6.75. The van der Waals surface area contributed by atoms with E-state index < -0.39 is 27.2 Å². The van der Waals surface area contributed by atoms with E-state index in [1.165, 1.54) is 42.6 Å². The highest BCUT2D eigenvalue weighted by molar-refractivity contribution is 8.15. The molecule has 9 nitrogen and oxygen atoms in total. The molecule has 1 amide bonds. The van der Waals surface area contributed by atoms with E-state index in [1.54, 1.807) is 12.1 Å². The van der Waals surface area contributed by atoms with Crippen LogP contribution < -0.4 is 9.50 Å². The van der Waals surface area contributed by atoms with Gasteiger partial charge in [0.25, 0.3) is 0 Å². The number of nitrogens with one attached hydrogen (secondary N) is 1. The van der Waals surface area contributed by atoms with Crippen LogP contribution in [0.15, 0.2) is 63.6 Å². The number of nitrogens with zero attached hydrogens (tertiary/aromatic N) is 2. The van der Waals surface area contributed by atoms with Gasteiger partial charge in [0.15, 0.2) is 5.17 Å². The Balaban J connectivity index is 1.61. The Labute approximate surface area is 180 Å². The average Bonchev–Trinajstić information content (AvgIpc) is 3.02. The Bertz CT molecular complexity index is 1120. The highest BCUT2D eigenvalue weighted by Crippen LogP contribution is 2.23. The molecule has 1 heterocycles. The van der Waals surface area contributed by atoms with Gasteiger partial charge in [0, 0.05) is 5.02 Å². The van der Waals surface area contributed by atoms with Crippen molar-refractivity contribution >= 4 is 56.7 Å². The number of carbonyl (C=O) groups excluding carboxylic acids is 1. The highest BCUT2D eigenvalue weighted by Gasteiger charge is 2.32. The minimum absolute atomic E-state index is 0.0225. The number of carbonyl (C=O) groups is 2. The van der Waals surface area contributed by atoms with Crippen LogP contribution in [-0.4, -0.2) is 42.0 Å². The van der Waals surface area contributed by atoms with E-state index in [4.69, 9.17) is 20.9 Å². The first-order chi connectivity index (χ1) is 14.2. The normalized spacial score (nSPS) is 18.0. The quantitative estimate of drug-likeness (QED) is 0.363. The molecule has 2 aromatic rings. The monoisotopic (exact) mass is 467 g/mol. The molecule has 0 saturated carbocycles. The molecule has 0 radical (unpaired) electrons. The van der Waals surface area contributed by atoms with Gasteiger partial charge in [0.2, 0.25) is 5.91 Å². The van der Waals surface area contributed by atoms with E-state index in [9.17, 15) is 18.0 Å². The third-order valence-electron chi connectivity index (χ3n) is 3.68. The van der Waals surface area contributed by atoms with Gasteiger partial charge in [0.05, 0.1) is 12.6 Å². The Morgan fingerprint density at radius 1 is 1.20 bits per heavy atom. The first-order valence-electron chi connectivity index (χ1n) is 8.33. The first-order valence-corrected chi connectivity index (χ1v) is 11.0. The molecule has 0 bridgehead atoms. The molecular weight excluding hydrogens is 454 g/mol. The number of hydrogen-bond donors (Lipinski definition) is 2. The third-order valence-corrected chi connectivity index (χ3v) is 6.27. The fraction of sp³-hybridized carbons (Fsp3) is 0.111. The van der Waals surface area contributed by atoms with Gasteiger partial charge in [0.1, 0.15) is 15.9 Å². The lowest BCUT2D eigenvalue weighted by Gasteiger charge is -2.07. The van der Waals surface area contributed by atoms with Crippen molar-refractivity contribution in [3.05, 3.63) is 59.1 Å². The van der Waals surface area contributed by atoms with Gasteiger partial charge in [-0.1, -0.05) is 23.4 Å². The van der Waals surface area contributed by atoms with Crippen molar-refractivity contribution in [2.24, 2.45) is 10.2 Å². The first kappa shape index (κ1) is 21.8. The van der Waals surface area contributed by atoms with Crippen molar-refractivity contribution in [2.45, 2.75) is 16.6 Å². The predicted molar refractivity (Wildman–Crippen MR) is 113 cm³/mol. The number of amidine groups is 1. The van der Waals surface area contributed by atoms with E-state index >= 15 is 0 Å². The molecule has 0 aliphatic carbocycles. The van der Waals surface area contributed by atoms with E-state index in [-0.39, 0.29) is 22.2 Å². The maximum Gasteiger partial charge on any atom is 0.339 e. The van der Waals surface area contributed by atoms with Crippen LogP contribution in [0.4, 0.5) is 0 Å². The van der Waals surface area contributed by atoms with Crippen molar-refractivity contribution < 1.29 is 27.3 Å². The van der Waals surface area contributed by atoms with Gasteiger partial charge in [-0.25, -0.2) is 0 Å². The standard InChI is InChI=1S/C18H14ClN3O6S2/c19-12-3-7-14(8-4-12)30(26,27)28-13-5-1-11(2-6-13)10-20-22-18-21-17(25)15(29-18)9-16(23)24/h1-8,10,15H,9H2,(H,23,24)(H,21,22,25)/b20-10-/t15-/m0/s1. The van der Waals surface area contributed by atoms with Crippen molar-refractivity contribution in [3.8, 4) is 5.75 Å². The Morgan fingerprint density at radius 3 is 2.50 bits per heavy atom. The zero-order valence-corrected chi connectivity index (χ0v) is 17.4. The molecule has 1 saturated heterocycles. The van der Waals surface area contributed by atoms with Gasteiger partial charge in [-0.3, -0.25) is 9.59 Å². The molecule has 1 fully saturated rings. The number of hydrogen-bond acceptors (Lipinski definition) is 8. The number of carboxylic acid groups (broad SMARTS) is 1. The zero-order chi connectivity index (χ0) is 21.7. The Hall–Kier alpha value is -2.89. The summed E-state index contributed by atoms with van der Waals surface area (Å²) in [6, 6.07) is 11.7. The molecule has 3 rings (SSSR count). The molecule has 2 N–H and O–H groups in total. The lowest BCUT2D eigenvalue weighted by molar-refractivity contribution is -0.138. The molecule has 156 valence electrons. The molecular formula is C18H14ClN3O6S2.